The molecule has 1 fully saturated rings. The Balaban J connectivity index is 1.43. The van der Waals surface area contributed by atoms with Gasteiger partial charge in [-0.05, 0) is 49.9 Å². The normalized spacial score (nSPS) is 15.3. The second-order valence-corrected chi connectivity index (χ2v) is 7.78. The molecule has 1 aliphatic carbocycles. The molecule has 0 atom stereocenters. The highest BCUT2D eigenvalue weighted by molar-refractivity contribution is 6.04. The molecule has 1 saturated carbocycles. The van der Waals surface area contributed by atoms with Crippen molar-refractivity contribution in [3.8, 4) is 17.2 Å². The van der Waals surface area contributed by atoms with Crippen LogP contribution in [0, 0.1) is 5.41 Å². The van der Waals surface area contributed by atoms with E-state index in [1.54, 1.807) is 31.4 Å². The van der Waals surface area contributed by atoms with Crippen molar-refractivity contribution in [3.63, 3.8) is 0 Å². The number of nitrogens with zero attached hydrogens (tertiary/aromatic N) is 2. The maximum Gasteiger partial charge on any atom is 0.284 e. The summed E-state index contributed by atoms with van der Waals surface area (Å²) in [7, 11) is 1.58. The largest absolute Gasteiger partial charge is 0.497 e. The first kappa shape index (κ1) is 22.5. The van der Waals surface area contributed by atoms with Crippen LogP contribution in [-0.2, 0) is 9.59 Å². The topological polar surface area (TPSA) is 137 Å². The lowest BCUT2D eigenvalue weighted by Gasteiger charge is -2.32. The zero-order valence-electron chi connectivity index (χ0n) is 17.7. The van der Waals surface area contributed by atoms with Crippen LogP contribution in [0.4, 0.5) is 0 Å². The minimum absolute atomic E-state index is 0.0373. The van der Waals surface area contributed by atoms with E-state index in [-0.39, 0.29) is 29.9 Å². The Kier molecular flexibility index (Phi) is 7.38. The third kappa shape index (κ3) is 5.28. The van der Waals surface area contributed by atoms with E-state index in [2.05, 4.69) is 15.5 Å². The van der Waals surface area contributed by atoms with Gasteiger partial charge in [0.05, 0.1) is 7.11 Å². The number of ketones is 1. The number of nitrogens with two attached hydrogens (primary N) is 1. The highest BCUT2D eigenvalue weighted by atomic mass is 16.5. The monoisotopic (exact) mass is 428 g/mol. The van der Waals surface area contributed by atoms with Crippen molar-refractivity contribution < 1.29 is 23.5 Å². The Labute approximate surface area is 180 Å². The van der Waals surface area contributed by atoms with Gasteiger partial charge in [0.15, 0.2) is 0 Å². The number of unbranched alkanes of at least 4 members (excludes halogenated alkanes) is 1. The van der Waals surface area contributed by atoms with Crippen LogP contribution in [0.3, 0.4) is 0 Å². The quantitative estimate of drug-likeness (QED) is 0.337. The number of carbonyl (C=O) groups excluding carboxylic acids is 3. The second-order valence-electron chi connectivity index (χ2n) is 7.78. The summed E-state index contributed by atoms with van der Waals surface area (Å²) in [6.45, 7) is 0.377. The summed E-state index contributed by atoms with van der Waals surface area (Å²) in [6, 6.07) is 7.08. The van der Waals surface area contributed by atoms with Gasteiger partial charge in [-0.3, -0.25) is 14.4 Å². The average Bonchev–Trinajstić information content (AvgIpc) is 3.29. The molecule has 0 bridgehead atoms. The molecular formula is C22H28N4O5. The molecule has 1 aromatic heterocycles. The van der Waals surface area contributed by atoms with Crippen molar-refractivity contribution in [2.75, 3.05) is 13.7 Å². The van der Waals surface area contributed by atoms with Crippen LogP contribution < -0.4 is 15.8 Å². The summed E-state index contributed by atoms with van der Waals surface area (Å²) in [5.41, 5.74) is 5.13. The second kappa shape index (κ2) is 10.2. The average molecular weight is 428 g/mol. The lowest BCUT2D eigenvalue weighted by atomic mass is 9.72. The predicted octanol–water partition coefficient (Wildman–Crippen LogP) is 2.65. The lowest BCUT2D eigenvalue weighted by Crippen LogP contribution is -2.51. The van der Waals surface area contributed by atoms with Crippen LogP contribution in [-0.4, -0.2) is 41.4 Å². The summed E-state index contributed by atoms with van der Waals surface area (Å²) in [5, 5.41) is 10.6. The van der Waals surface area contributed by atoms with Gasteiger partial charge in [-0.15, -0.1) is 10.2 Å². The number of benzene rings is 1. The number of hydrogen-bond donors (Lipinski definition) is 2. The lowest BCUT2D eigenvalue weighted by molar-refractivity contribution is -0.144. The Hall–Kier alpha value is -3.23. The predicted molar refractivity (Wildman–Crippen MR) is 112 cm³/mol. The van der Waals surface area contributed by atoms with Crippen molar-refractivity contribution in [2.45, 2.75) is 51.4 Å². The highest BCUT2D eigenvalue weighted by Gasteiger charge is 2.44. The molecular weight excluding hydrogens is 400 g/mol. The number of ether oxygens (including phenoxy) is 1. The number of rotatable bonds is 10. The Morgan fingerprint density at radius 1 is 1.10 bits per heavy atom. The number of hydrogen-bond acceptors (Lipinski definition) is 7. The molecule has 0 radical (unpaired) electrons. The van der Waals surface area contributed by atoms with Crippen LogP contribution in [0.5, 0.6) is 5.75 Å². The van der Waals surface area contributed by atoms with Crippen LogP contribution in [0.15, 0.2) is 28.7 Å². The smallest absolute Gasteiger partial charge is 0.284 e. The fraction of sp³-hybridized carbons (Fsp3) is 0.500. The molecule has 3 N–H and O–H groups in total. The number of aromatic nitrogens is 2. The molecule has 1 aliphatic rings. The van der Waals surface area contributed by atoms with E-state index in [4.69, 9.17) is 14.9 Å². The first-order chi connectivity index (χ1) is 15.0. The summed E-state index contributed by atoms with van der Waals surface area (Å²) in [4.78, 5) is 36.7. The highest BCUT2D eigenvalue weighted by Crippen LogP contribution is 2.36. The van der Waals surface area contributed by atoms with Crippen molar-refractivity contribution in [2.24, 2.45) is 11.1 Å². The van der Waals surface area contributed by atoms with Gasteiger partial charge in [-0.1, -0.05) is 19.3 Å². The summed E-state index contributed by atoms with van der Waals surface area (Å²) in [6.07, 6.45) is 5.03. The Morgan fingerprint density at radius 3 is 2.45 bits per heavy atom. The van der Waals surface area contributed by atoms with Gasteiger partial charge in [0.25, 0.3) is 5.89 Å². The molecule has 9 heteroatoms. The van der Waals surface area contributed by atoms with E-state index >= 15 is 0 Å². The van der Waals surface area contributed by atoms with Crippen LogP contribution in [0.1, 0.15) is 62.1 Å². The van der Waals surface area contributed by atoms with Crippen molar-refractivity contribution >= 4 is 17.6 Å². The molecule has 9 nitrogen and oxygen atoms in total. The molecule has 1 aromatic carbocycles. The minimum atomic E-state index is -1.09. The SMILES string of the molecule is COc1ccc(-c2nnc(C(=O)CCCCNC(=O)C3(C(N)=O)CCCCC3)o2)cc1. The van der Waals surface area contributed by atoms with Crippen molar-refractivity contribution in [1.29, 1.82) is 0 Å². The fourth-order valence-corrected chi connectivity index (χ4v) is 3.82. The summed E-state index contributed by atoms with van der Waals surface area (Å²) < 4.78 is 10.6. The van der Waals surface area contributed by atoms with E-state index in [0.29, 0.717) is 43.5 Å². The number of Topliss-reactive ketones (excluding diaryl/α,β-unsaturated/α-hetero) is 1. The number of carbonyl (C=O) groups is 3. The van der Waals surface area contributed by atoms with Gasteiger partial charge in [-0.25, -0.2) is 0 Å². The van der Waals surface area contributed by atoms with Gasteiger partial charge in [-0.2, -0.15) is 0 Å². The number of amides is 2. The number of nitrogens with one attached hydrogen (secondary N) is 1. The molecule has 0 saturated heterocycles. The van der Waals surface area contributed by atoms with Crippen LogP contribution in [0.2, 0.25) is 0 Å². The minimum Gasteiger partial charge on any atom is -0.497 e. The van der Waals surface area contributed by atoms with Crippen LogP contribution in [0.25, 0.3) is 11.5 Å². The molecule has 2 amide bonds. The van der Waals surface area contributed by atoms with E-state index < -0.39 is 11.3 Å². The van der Waals surface area contributed by atoms with E-state index in [1.807, 2.05) is 0 Å². The molecule has 0 aliphatic heterocycles. The number of methoxy groups -OCH3 is 1. The zero-order valence-corrected chi connectivity index (χ0v) is 17.7. The Bertz CT molecular complexity index is 916. The van der Waals surface area contributed by atoms with Gasteiger partial charge in [0, 0.05) is 18.5 Å². The first-order valence-corrected chi connectivity index (χ1v) is 10.6. The van der Waals surface area contributed by atoms with Gasteiger partial charge in [0.2, 0.25) is 23.5 Å². The molecule has 31 heavy (non-hydrogen) atoms. The molecule has 1 heterocycles. The van der Waals surface area contributed by atoms with E-state index in [1.165, 1.54) is 0 Å². The van der Waals surface area contributed by atoms with E-state index in [0.717, 1.165) is 19.3 Å². The summed E-state index contributed by atoms with van der Waals surface area (Å²) in [5.74, 6) is -0.167. The molecule has 2 aromatic rings. The summed E-state index contributed by atoms with van der Waals surface area (Å²) >= 11 is 0. The molecule has 3 rings (SSSR count). The van der Waals surface area contributed by atoms with E-state index in [9.17, 15) is 14.4 Å². The van der Waals surface area contributed by atoms with Gasteiger partial charge in [0.1, 0.15) is 11.2 Å². The molecule has 0 spiro atoms. The first-order valence-electron chi connectivity index (χ1n) is 10.6. The van der Waals surface area contributed by atoms with Crippen molar-refractivity contribution in [3.05, 3.63) is 30.2 Å². The standard InChI is InChI=1S/C22H28N4O5/c1-30-16-10-8-15(9-11-16)18-25-26-19(31-18)17(27)7-3-6-14-24-21(29)22(20(23)28)12-4-2-5-13-22/h8-11H,2-7,12-14H2,1H3,(H2,23,28)(H,24,29). The molecule has 0 unspecified atom stereocenters. The maximum atomic E-state index is 12.5. The maximum absolute atomic E-state index is 12.5. The van der Waals surface area contributed by atoms with Gasteiger partial charge < -0.3 is 20.2 Å². The number of primary amides is 1. The fourth-order valence-electron chi connectivity index (χ4n) is 3.82. The third-order valence-electron chi connectivity index (χ3n) is 5.73. The Morgan fingerprint density at radius 2 is 1.81 bits per heavy atom. The zero-order chi connectivity index (χ0) is 22.3. The third-order valence-corrected chi connectivity index (χ3v) is 5.73. The van der Waals surface area contributed by atoms with Crippen molar-refractivity contribution in [1.82, 2.24) is 15.5 Å². The van der Waals surface area contributed by atoms with Crippen LogP contribution >= 0.6 is 0 Å². The molecule has 166 valence electrons. The van der Waals surface area contributed by atoms with Gasteiger partial charge >= 0.3 is 0 Å².